The molecule has 51 heavy (non-hydrogen) atoms. The molecule has 2 aromatic heterocycles. The number of aliphatic hydroxyl groups excluding tert-OH is 1. The van der Waals surface area contributed by atoms with Crippen molar-refractivity contribution in [3.05, 3.63) is 82.3 Å². The number of hydrogen-bond acceptors (Lipinski definition) is 10. The zero-order valence-corrected chi connectivity index (χ0v) is 29.6. The summed E-state index contributed by atoms with van der Waals surface area (Å²) in [6.07, 6.45) is 3.50. The van der Waals surface area contributed by atoms with Crippen LogP contribution in [0.2, 0.25) is 0 Å². The van der Waals surface area contributed by atoms with Crippen molar-refractivity contribution >= 4 is 23.8 Å². The summed E-state index contributed by atoms with van der Waals surface area (Å²) in [6, 6.07) is 11.9. The summed E-state index contributed by atoms with van der Waals surface area (Å²) in [5.41, 5.74) is 2.74. The molecular formula is C39H45N5O7. The number of hydrogen-bond donors (Lipinski definition) is 4. The van der Waals surface area contributed by atoms with Crippen LogP contribution in [0.1, 0.15) is 111 Å². The summed E-state index contributed by atoms with van der Waals surface area (Å²) in [4.78, 5) is 49.2. The summed E-state index contributed by atoms with van der Waals surface area (Å²) < 4.78 is 19.9. The number of nitrogens with one attached hydrogen (secondary N) is 3. The predicted molar refractivity (Wildman–Crippen MR) is 188 cm³/mol. The topological polar surface area (TPSA) is 169 Å². The second-order valence-corrected chi connectivity index (χ2v) is 14.5. The highest BCUT2D eigenvalue weighted by atomic mass is 16.5. The minimum atomic E-state index is -1.29. The summed E-state index contributed by atoms with van der Waals surface area (Å²) in [7, 11) is 0. The zero-order chi connectivity index (χ0) is 36.0. The quantitative estimate of drug-likeness (QED) is 0.114. The number of rotatable bonds is 11. The smallest absolute Gasteiger partial charge is 0.249 e. The van der Waals surface area contributed by atoms with Crippen molar-refractivity contribution in [3.8, 4) is 17.3 Å². The van der Waals surface area contributed by atoms with Crippen LogP contribution in [0, 0.1) is 11.8 Å². The summed E-state index contributed by atoms with van der Waals surface area (Å²) in [5, 5.41) is 20.0. The SMILES string of the molecule is CCCCCCc1oc(-c2nc3oc2C24c5ccccc5NC2Oc2ccc(cc24)C[C@H](NC(=O)[C@@H](O)C(C)C)C(=O)N[C@H]3C(C)C)nc1C=O. The van der Waals surface area contributed by atoms with Gasteiger partial charge in [0, 0.05) is 24.1 Å². The van der Waals surface area contributed by atoms with Crippen molar-refractivity contribution in [2.75, 3.05) is 5.32 Å². The van der Waals surface area contributed by atoms with Crippen LogP contribution in [-0.2, 0) is 27.8 Å². The van der Waals surface area contributed by atoms with Gasteiger partial charge in [0.25, 0.3) is 0 Å². The standard InChI is InChI=1S/C39H45N5O7/c1-6-7-8-9-14-29-27(19-45)41-37(49-29)31-33-39-23-12-10-11-13-25(23)42-38(39)50-28-16-15-22(17-24(28)39)18-26(40-35(48)32(46)21(4)5)34(47)43-30(20(2)3)36(44-31)51-33/h10-13,15-17,19-21,26,30,32,38,42,46H,6-9,14,18H2,1-5H3,(H,40,48)(H,43,47)/t26-,30-,32-,38?,39?/m0/s1. The van der Waals surface area contributed by atoms with Gasteiger partial charge in [0.05, 0.1) is 0 Å². The van der Waals surface area contributed by atoms with Crippen molar-refractivity contribution in [2.24, 2.45) is 11.8 Å². The molecule has 0 radical (unpaired) electrons. The van der Waals surface area contributed by atoms with Crippen LogP contribution >= 0.6 is 0 Å². The van der Waals surface area contributed by atoms with Crippen molar-refractivity contribution in [2.45, 2.75) is 103 Å². The molecule has 2 aromatic carbocycles. The second-order valence-electron chi connectivity index (χ2n) is 14.5. The lowest BCUT2D eigenvalue weighted by atomic mass is 9.72. The van der Waals surface area contributed by atoms with Crippen LogP contribution in [-0.4, -0.2) is 51.5 Å². The number of benzene rings is 2. The number of amides is 2. The van der Waals surface area contributed by atoms with Crippen LogP contribution in [0.5, 0.6) is 5.75 Å². The van der Waals surface area contributed by atoms with E-state index in [4.69, 9.17) is 18.6 Å². The van der Waals surface area contributed by atoms with Crippen molar-refractivity contribution in [1.29, 1.82) is 0 Å². The Hall–Kier alpha value is -4.97. The van der Waals surface area contributed by atoms with Gasteiger partial charge in [0.2, 0.25) is 23.6 Å². The summed E-state index contributed by atoms with van der Waals surface area (Å²) in [5.74, 6) is 0.253. The van der Waals surface area contributed by atoms with E-state index in [1.54, 1.807) is 13.8 Å². The molecule has 4 N–H and O–H groups in total. The lowest BCUT2D eigenvalue weighted by Gasteiger charge is -2.29. The van der Waals surface area contributed by atoms with E-state index in [1.807, 2.05) is 56.3 Å². The first kappa shape index (κ1) is 34.5. The van der Waals surface area contributed by atoms with E-state index in [0.29, 0.717) is 35.7 Å². The zero-order valence-electron chi connectivity index (χ0n) is 29.6. The molecule has 268 valence electrons. The molecule has 3 aliphatic heterocycles. The number of aryl methyl sites for hydroxylation is 1. The third-order valence-corrected chi connectivity index (χ3v) is 10.2. The number of aliphatic hydroxyl groups is 1. The second kappa shape index (κ2) is 13.6. The highest BCUT2D eigenvalue weighted by Gasteiger charge is 2.61. The van der Waals surface area contributed by atoms with Gasteiger partial charge < -0.3 is 34.6 Å². The first-order valence-electron chi connectivity index (χ1n) is 18.0. The molecule has 1 spiro atoms. The molecule has 0 fully saturated rings. The number of anilines is 1. The van der Waals surface area contributed by atoms with Gasteiger partial charge in [-0.05, 0) is 41.5 Å². The monoisotopic (exact) mass is 695 g/mol. The average molecular weight is 696 g/mol. The van der Waals surface area contributed by atoms with E-state index in [1.165, 1.54) is 0 Å². The number of ether oxygens (including phenoxy) is 1. The van der Waals surface area contributed by atoms with Crippen LogP contribution in [0.25, 0.3) is 11.6 Å². The van der Waals surface area contributed by atoms with Crippen LogP contribution in [0.4, 0.5) is 5.69 Å². The maximum absolute atomic E-state index is 14.1. The van der Waals surface area contributed by atoms with E-state index < -0.39 is 41.6 Å². The van der Waals surface area contributed by atoms with Crippen LogP contribution < -0.4 is 20.7 Å². The predicted octanol–water partition coefficient (Wildman–Crippen LogP) is 5.61. The Morgan fingerprint density at radius 3 is 2.61 bits per heavy atom. The highest BCUT2D eigenvalue weighted by Crippen LogP contribution is 2.59. The van der Waals surface area contributed by atoms with Crippen molar-refractivity contribution < 1.29 is 33.1 Å². The van der Waals surface area contributed by atoms with Gasteiger partial charge in [0.1, 0.15) is 40.8 Å². The van der Waals surface area contributed by atoms with Crippen molar-refractivity contribution in [1.82, 2.24) is 20.6 Å². The van der Waals surface area contributed by atoms with Gasteiger partial charge in [-0.3, -0.25) is 14.4 Å². The molecule has 5 atom stereocenters. The first-order valence-corrected chi connectivity index (χ1v) is 18.0. The lowest BCUT2D eigenvalue weighted by molar-refractivity contribution is -0.135. The molecule has 0 aliphatic carbocycles. The number of unbranched alkanes of at least 4 members (excludes halogenated alkanes) is 3. The Morgan fingerprint density at radius 1 is 1.06 bits per heavy atom. The van der Waals surface area contributed by atoms with Gasteiger partial charge in [0.15, 0.2) is 24.0 Å². The van der Waals surface area contributed by atoms with E-state index in [2.05, 4.69) is 27.9 Å². The Kier molecular flexibility index (Phi) is 9.21. The molecular weight excluding hydrogens is 650 g/mol. The lowest BCUT2D eigenvalue weighted by Crippen LogP contribution is -2.52. The van der Waals surface area contributed by atoms with Gasteiger partial charge in [-0.2, -0.15) is 0 Å². The van der Waals surface area contributed by atoms with Crippen LogP contribution in [0.15, 0.2) is 51.3 Å². The fourth-order valence-electron chi connectivity index (χ4n) is 7.46. The molecule has 2 unspecified atom stereocenters. The van der Waals surface area contributed by atoms with E-state index in [-0.39, 0.29) is 35.7 Å². The molecule has 2 amide bonds. The molecule has 7 rings (SSSR count). The van der Waals surface area contributed by atoms with E-state index in [0.717, 1.165) is 48.1 Å². The molecule has 4 aromatic rings. The molecule has 3 aliphatic rings. The van der Waals surface area contributed by atoms with Crippen LogP contribution in [0.3, 0.4) is 0 Å². The number of para-hydroxylation sites is 1. The molecule has 12 heteroatoms. The Labute approximate surface area is 296 Å². The number of carbonyl (C=O) groups excluding carboxylic acids is 3. The minimum absolute atomic E-state index is 0.145. The molecule has 12 nitrogen and oxygen atoms in total. The third kappa shape index (κ3) is 5.88. The van der Waals surface area contributed by atoms with Gasteiger partial charge in [-0.15, -0.1) is 0 Å². The Bertz CT molecular complexity index is 1960. The number of aldehydes is 1. The average Bonchev–Trinajstić information content (AvgIpc) is 3.87. The molecule has 0 saturated heterocycles. The van der Waals surface area contributed by atoms with E-state index >= 15 is 0 Å². The number of oxazole rings is 2. The summed E-state index contributed by atoms with van der Waals surface area (Å²) in [6.45, 7) is 9.50. The molecule has 0 saturated carbocycles. The van der Waals surface area contributed by atoms with E-state index in [9.17, 15) is 19.5 Å². The van der Waals surface area contributed by atoms with Gasteiger partial charge >= 0.3 is 0 Å². The first-order chi connectivity index (χ1) is 24.6. The maximum Gasteiger partial charge on any atom is 0.249 e. The highest BCUT2D eigenvalue weighted by molar-refractivity contribution is 5.90. The Morgan fingerprint density at radius 2 is 1.86 bits per heavy atom. The largest absolute Gasteiger partial charge is 0.469 e. The Balaban J connectivity index is 1.44. The van der Waals surface area contributed by atoms with Crippen molar-refractivity contribution in [3.63, 3.8) is 0 Å². The normalized spacial score (nSPS) is 22.3. The number of fused-ring (bicyclic) bond motifs is 4. The third-order valence-electron chi connectivity index (χ3n) is 10.2. The van der Waals surface area contributed by atoms with Gasteiger partial charge in [-0.25, -0.2) is 9.97 Å². The molecule has 4 bridgehead atoms. The summed E-state index contributed by atoms with van der Waals surface area (Å²) >= 11 is 0. The number of aromatic nitrogens is 2. The fraction of sp³-hybridized carbons (Fsp3) is 0.462. The van der Waals surface area contributed by atoms with Gasteiger partial charge in [-0.1, -0.05) is 84.2 Å². The number of nitrogens with zero attached hydrogens (tertiary/aromatic N) is 2. The molecule has 5 heterocycles. The minimum Gasteiger partial charge on any atom is -0.469 e. The number of carbonyl (C=O) groups is 3. The fourth-order valence-corrected chi connectivity index (χ4v) is 7.46. The maximum atomic E-state index is 14.1.